The Kier molecular flexibility index (Phi) is 0.887. The van der Waals surface area contributed by atoms with Crippen molar-refractivity contribution < 1.29 is 4.79 Å². The van der Waals surface area contributed by atoms with Crippen LogP contribution >= 0.6 is 0 Å². The average Bonchev–Trinajstić information content (AvgIpc) is 2.42. The third-order valence-corrected chi connectivity index (χ3v) is 1.37. The highest BCUT2D eigenvalue weighted by molar-refractivity contribution is 5.63. The summed E-state index contributed by atoms with van der Waals surface area (Å²) in [6, 6.07) is 0. The lowest BCUT2D eigenvalue weighted by Crippen LogP contribution is -1.92. The van der Waals surface area contributed by atoms with Gasteiger partial charge in [0.15, 0.2) is 0 Å². The highest BCUT2D eigenvalue weighted by atomic mass is 16.1. The fourth-order valence-corrected chi connectivity index (χ4v) is 0.910. The molecular weight excluding hydrogens is 130 g/mol. The number of H-pyrrole nitrogens is 1. The van der Waals surface area contributed by atoms with Crippen LogP contribution in [0.4, 0.5) is 0 Å². The molecule has 0 aromatic carbocycles. The highest BCUT2D eigenvalue weighted by Crippen LogP contribution is 2.16. The van der Waals surface area contributed by atoms with Crippen LogP contribution in [0.25, 0.3) is 11.3 Å². The number of nitrogens with one attached hydrogen (secondary N) is 1. The molecule has 50 valence electrons. The second-order valence-electron chi connectivity index (χ2n) is 2.03. The minimum Gasteiger partial charge on any atom is -0.290 e. The van der Waals surface area contributed by atoms with E-state index in [1.165, 1.54) is 4.68 Å². The van der Waals surface area contributed by atoms with Crippen LogP contribution in [-0.2, 0) is 4.79 Å². The van der Waals surface area contributed by atoms with E-state index >= 15 is 0 Å². The lowest BCUT2D eigenvalue weighted by atomic mass is 10.3. The van der Waals surface area contributed by atoms with Gasteiger partial charge in [0.1, 0.15) is 0 Å². The minimum atomic E-state index is 0.708. The number of aromatic amines is 1. The molecule has 0 bridgehead atoms. The Morgan fingerprint density at radius 2 is 2.50 bits per heavy atom. The summed E-state index contributed by atoms with van der Waals surface area (Å²) >= 11 is 0. The van der Waals surface area contributed by atoms with E-state index in [-0.39, 0.29) is 0 Å². The second kappa shape index (κ2) is 1.70. The second-order valence-corrected chi connectivity index (χ2v) is 2.03. The molecule has 0 saturated heterocycles. The van der Waals surface area contributed by atoms with E-state index < -0.39 is 0 Å². The molecule has 2 heterocycles. The fourth-order valence-electron chi connectivity index (χ4n) is 0.910. The number of hydrogen-bond donors (Lipinski definition) is 1. The van der Waals surface area contributed by atoms with Gasteiger partial charge in [0.05, 0.1) is 11.9 Å². The Balaban J connectivity index is 2.67. The molecule has 0 aromatic heterocycles. The molecule has 4 nitrogen and oxygen atoms in total. The van der Waals surface area contributed by atoms with Crippen LogP contribution in [0, 0.1) is 0 Å². The van der Waals surface area contributed by atoms with Crippen molar-refractivity contribution in [2.75, 3.05) is 0 Å². The third-order valence-electron chi connectivity index (χ3n) is 1.37. The summed E-state index contributed by atoms with van der Waals surface area (Å²) in [4.78, 5) is 14.1. The zero-order valence-corrected chi connectivity index (χ0v) is 5.11. The van der Waals surface area contributed by atoms with E-state index in [1.807, 2.05) is 0 Å². The Hall–Kier alpha value is -1.58. The van der Waals surface area contributed by atoms with Crippen molar-refractivity contribution in [2.45, 2.75) is 0 Å². The Morgan fingerprint density at radius 3 is 3.20 bits per heavy atom. The van der Waals surface area contributed by atoms with Crippen molar-refractivity contribution in [3.8, 4) is 11.3 Å². The summed E-state index contributed by atoms with van der Waals surface area (Å²) in [5.41, 5.74) is 1.83. The summed E-state index contributed by atoms with van der Waals surface area (Å²) in [5.74, 6) is 0. The minimum absolute atomic E-state index is 0.708. The standard InChI is InChI=1S/C6H5N3O/c10-4-9-3-5-1-7-2-6(5)8-9/h1-4,8H. The molecule has 0 fully saturated rings. The van der Waals surface area contributed by atoms with Gasteiger partial charge >= 0.3 is 0 Å². The Morgan fingerprint density at radius 1 is 1.60 bits per heavy atom. The van der Waals surface area contributed by atoms with Crippen LogP contribution < -0.4 is 0 Å². The molecule has 4 heteroatoms. The van der Waals surface area contributed by atoms with Crippen LogP contribution in [0.5, 0.6) is 0 Å². The van der Waals surface area contributed by atoms with Crippen molar-refractivity contribution in [1.29, 1.82) is 0 Å². The smallest absolute Gasteiger partial charge is 0.232 e. The maximum absolute atomic E-state index is 10.2. The van der Waals surface area contributed by atoms with Gasteiger partial charge in [-0.05, 0) is 0 Å². The van der Waals surface area contributed by atoms with E-state index in [1.54, 1.807) is 18.6 Å². The van der Waals surface area contributed by atoms with Gasteiger partial charge in [0.25, 0.3) is 0 Å². The number of nitrogens with zero attached hydrogens (tertiary/aromatic N) is 2. The van der Waals surface area contributed by atoms with Gasteiger partial charge in [-0.2, -0.15) is 0 Å². The van der Waals surface area contributed by atoms with Gasteiger partial charge < -0.3 is 0 Å². The highest BCUT2D eigenvalue weighted by Gasteiger charge is 2.04. The molecule has 2 aliphatic heterocycles. The zero-order chi connectivity index (χ0) is 6.97. The van der Waals surface area contributed by atoms with Crippen molar-refractivity contribution in [1.82, 2.24) is 14.8 Å². The zero-order valence-electron chi connectivity index (χ0n) is 5.11. The Labute approximate surface area is 56.8 Å². The lowest BCUT2D eigenvalue weighted by Gasteiger charge is -1.81. The van der Waals surface area contributed by atoms with Gasteiger partial charge in [-0.15, -0.1) is 0 Å². The van der Waals surface area contributed by atoms with Crippen LogP contribution in [0.2, 0.25) is 0 Å². The molecular formula is C6H5N3O. The maximum Gasteiger partial charge on any atom is 0.232 e. The molecule has 0 atom stereocenters. The molecule has 0 aliphatic carbocycles. The molecule has 2 rings (SSSR count). The maximum atomic E-state index is 10.2. The van der Waals surface area contributed by atoms with Crippen LogP contribution in [0.3, 0.4) is 0 Å². The van der Waals surface area contributed by atoms with Gasteiger partial charge in [-0.25, -0.2) is 4.68 Å². The summed E-state index contributed by atoms with van der Waals surface area (Å²) in [5, 5.41) is 2.81. The summed E-state index contributed by atoms with van der Waals surface area (Å²) in [6.07, 6.45) is 5.77. The SMILES string of the molecule is O=Cn1cc2cncc-2[nH]1. The number of fused-ring (bicyclic) bond motifs is 1. The number of carbonyl (C=O) groups is 1. The van der Waals surface area contributed by atoms with Crippen molar-refractivity contribution in [2.24, 2.45) is 0 Å². The van der Waals surface area contributed by atoms with Gasteiger partial charge in [-0.1, -0.05) is 0 Å². The molecule has 0 spiro atoms. The topological polar surface area (TPSA) is 50.7 Å². The largest absolute Gasteiger partial charge is 0.290 e. The molecule has 0 saturated carbocycles. The lowest BCUT2D eigenvalue weighted by molar-refractivity contribution is 0.541. The Bertz CT molecular complexity index is 296. The normalized spacial score (nSPS) is 10.4. The molecule has 0 radical (unpaired) electrons. The predicted octanol–water partition coefficient (Wildman–Crippen LogP) is 0.354. The van der Waals surface area contributed by atoms with E-state index in [0.717, 1.165) is 11.3 Å². The first-order valence-electron chi connectivity index (χ1n) is 2.86. The summed E-state index contributed by atoms with van der Waals surface area (Å²) < 4.78 is 1.35. The van der Waals surface area contributed by atoms with Gasteiger partial charge in [-0.3, -0.25) is 14.9 Å². The summed E-state index contributed by atoms with van der Waals surface area (Å²) in [7, 11) is 0. The van der Waals surface area contributed by atoms with Crippen molar-refractivity contribution in [3.05, 3.63) is 18.6 Å². The van der Waals surface area contributed by atoms with E-state index in [9.17, 15) is 4.79 Å². The number of hydrogen-bond acceptors (Lipinski definition) is 2. The van der Waals surface area contributed by atoms with Crippen LogP contribution in [-0.4, -0.2) is 21.2 Å². The quantitative estimate of drug-likeness (QED) is 0.574. The monoisotopic (exact) mass is 135 g/mol. The van der Waals surface area contributed by atoms with Crippen molar-refractivity contribution >= 4 is 6.41 Å². The molecule has 1 N–H and O–H groups in total. The number of aromatic nitrogens is 3. The summed E-state index contributed by atoms with van der Waals surface area (Å²) in [6.45, 7) is 0. The first kappa shape index (κ1) is 5.22. The van der Waals surface area contributed by atoms with E-state index in [0.29, 0.717) is 6.41 Å². The van der Waals surface area contributed by atoms with Crippen molar-refractivity contribution in [3.63, 3.8) is 0 Å². The van der Waals surface area contributed by atoms with Gasteiger partial charge in [0, 0.05) is 18.0 Å². The van der Waals surface area contributed by atoms with Crippen LogP contribution in [0.15, 0.2) is 18.6 Å². The molecule has 10 heavy (non-hydrogen) atoms. The third kappa shape index (κ3) is 0.556. The first-order chi connectivity index (χ1) is 4.90. The predicted molar refractivity (Wildman–Crippen MR) is 35.3 cm³/mol. The molecule has 2 aliphatic rings. The molecule has 0 aromatic rings. The fraction of sp³-hybridized carbons (Fsp3) is 0. The molecule has 0 amide bonds. The van der Waals surface area contributed by atoms with Gasteiger partial charge in [0.2, 0.25) is 6.41 Å². The average molecular weight is 135 g/mol. The molecule has 0 unspecified atom stereocenters. The first-order valence-corrected chi connectivity index (χ1v) is 2.86. The van der Waals surface area contributed by atoms with E-state index in [2.05, 4.69) is 10.1 Å². The van der Waals surface area contributed by atoms with E-state index in [4.69, 9.17) is 0 Å². The number of carbonyl (C=O) groups excluding carboxylic acids is 1. The van der Waals surface area contributed by atoms with Crippen LogP contribution in [0.1, 0.15) is 0 Å². The number of rotatable bonds is 1.